The maximum absolute atomic E-state index is 12.7. The van der Waals surface area contributed by atoms with Gasteiger partial charge in [-0.1, -0.05) is 29.8 Å². The molecule has 0 heterocycles. The average molecular weight is 558 g/mol. The molecule has 0 aliphatic heterocycles. The van der Waals surface area contributed by atoms with Gasteiger partial charge < -0.3 is 0 Å². The summed E-state index contributed by atoms with van der Waals surface area (Å²) < 4.78 is 27.8. The van der Waals surface area contributed by atoms with Crippen LogP contribution in [0.3, 0.4) is 0 Å². The summed E-state index contributed by atoms with van der Waals surface area (Å²) in [6, 6.07) is 0. The van der Waals surface area contributed by atoms with Crippen LogP contribution in [-0.2, 0) is 18.1 Å². The summed E-state index contributed by atoms with van der Waals surface area (Å²) in [7, 11) is -3.74. The van der Waals surface area contributed by atoms with E-state index in [2.05, 4.69) is 47.8 Å². The molecule has 0 aromatic carbocycles. The normalized spacial score (nSPS) is 13.7. The maximum Gasteiger partial charge on any atom is 0.476 e. The first kappa shape index (κ1) is 23.1. The number of halogens is 5. The molecule has 0 saturated heterocycles. The molecule has 0 rings (SSSR count). The maximum atomic E-state index is 12.7. The van der Waals surface area contributed by atoms with Crippen molar-refractivity contribution < 1.29 is 18.1 Å². The molecule has 0 aliphatic rings. The Morgan fingerprint density at radius 2 is 1.48 bits per heavy atom. The summed E-state index contributed by atoms with van der Waals surface area (Å²) in [6.07, 6.45) is 1.10. The van der Waals surface area contributed by atoms with E-state index >= 15 is 0 Å². The van der Waals surface area contributed by atoms with Gasteiger partial charge in [0, 0.05) is 22.5 Å². The van der Waals surface area contributed by atoms with E-state index in [0.29, 0.717) is 29.9 Å². The summed E-state index contributed by atoms with van der Waals surface area (Å²) in [5.41, 5.74) is -0.422. The Balaban J connectivity index is 4.90. The highest BCUT2D eigenvalue weighted by Crippen LogP contribution is 2.60. The summed E-state index contributed by atoms with van der Waals surface area (Å²) in [6.45, 7) is 4.22. The molecule has 0 saturated carbocycles. The lowest BCUT2D eigenvalue weighted by Gasteiger charge is -2.37. The van der Waals surface area contributed by atoms with Crippen LogP contribution < -0.4 is 0 Å². The van der Waals surface area contributed by atoms with Crippen LogP contribution >= 0.6 is 78.8 Å². The van der Waals surface area contributed by atoms with Crippen molar-refractivity contribution >= 4 is 78.8 Å². The second-order valence-corrected chi connectivity index (χ2v) is 11.0. The molecule has 0 bridgehead atoms. The highest BCUT2D eigenvalue weighted by Gasteiger charge is 2.48. The van der Waals surface area contributed by atoms with Crippen molar-refractivity contribution in [2.45, 2.75) is 30.1 Å². The second kappa shape index (κ2) is 10.9. The molecule has 128 valence electrons. The highest BCUT2D eigenvalue weighted by molar-refractivity contribution is 9.25. The van der Waals surface area contributed by atoms with E-state index in [0.717, 1.165) is 0 Å². The number of phosphoric acid groups is 1. The molecule has 0 N–H and O–H groups in total. The van der Waals surface area contributed by atoms with Crippen molar-refractivity contribution in [3.8, 4) is 0 Å². The van der Waals surface area contributed by atoms with Crippen molar-refractivity contribution in [3.05, 3.63) is 0 Å². The van der Waals surface area contributed by atoms with E-state index in [1.54, 1.807) is 0 Å². The SMILES string of the molecule is CC(C)(CBr)C(Br)(Br)OP(=O)(OCCCCl)OCCCCl. The molecule has 0 atom stereocenters. The third kappa shape index (κ3) is 8.69. The number of hydrogen-bond donors (Lipinski definition) is 0. The smallest absolute Gasteiger partial charge is 0.287 e. The topological polar surface area (TPSA) is 44.8 Å². The molecule has 0 amide bonds. The van der Waals surface area contributed by atoms with Gasteiger partial charge in [0.25, 0.3) is 0 Å². The summed E-state index contributed by atoms with van der Waals surface area (Å²) in [5, 5.41) is 0.597. The van der Waals surface area contributed by atoms with Crippen molar-refractivity contribution in [3.63, 3.8) is 0 Å². The van der Waals surface area contributed by atoms with Crippen LogP contribution in [0.15, 0.2) is 0 Å². The van der Waals surface area contributed by atoms with E-state index in [1.165, 1.54) is 0 Å². The van der Waals surface area contributed by atoms with Crippen LogP contribution in [0.1, 0.15) is 26.7 Å². The summed E-state index contributed by atoms with van der Waals surface area (Å²) in [5.74, 6) is 0.810. The van der Waals surface area contributed by atoms with E-state index in [-0.39, 0.29) is 13.2 Å². The second-order valence-electron chi connectivity index (χ2n) is 4.82. The zero-order chi connectivity index (χ0) is 16.6. The van der Waals surface area contributed by atoms with Gasteiger partial charge in [-0.3, -0.25) is 13.6 Å². The van der Waals surface area contributed by atoms with Crippen LogP contribution in [0, 0.1) is 5.41 Å². The highest BCUT2D eigenvalue weighted by atomic mass is 79.9. The van der Waals surface area contributed by atoms with E-state index in [4.69, 9.17) is 36.8 Å². The third-order valence-corrected chi connectivity index (χ3v) is 8.81. The zero-order valence-corrected chi connectivity index (χ0v) is 19.1. The van der Waals surface area contributed by atoms with Gasteiger partial charge in [0.15, 0.2) is 3.42 Å². The number of rotatable bonds is 12. The standard InChI is InChI=1S/C11H20Br3Cl2O4P/c1-10(2,9-12)11(13,14)20-21(17,18-7-3-5-15)19-8-4-6-16/h3-9H2,1-2H3. The molecule has 0 aromatic rings. The van der Waals surface area contributed by atoms with Gasteiger partial charge in [0.1, 0.15) is 0 Å². The van der Waals surface area contributed by atoms with Gasteiger partial charge in [0.05, 0.1) is 13.2 Å². The van der Waals surface area contributed by atoms with Crippen LogP contribution in [0.2, 0.25) is 0 Å². The first-order chi connectivity index (χ1) is 9.64. The lowest BCUT2D eigenvalue weighted by molar-refractivity contribution is 0.0629. The number of phosphoric ester groups is 1. The Labute approximate surface area is 161 Å². The Morgan fingerprint density at radius 3 is 1.81 bits per heavy atom. The van der Waals surface area contributed by atoms with Crippen molar-refractivity contribution in [1.29, 1.82) is 0 Å². The van der Waals surface area contributed by atoms with Gasteiger partial charge >= 0.3 is 7.82 Å². The molecule has 0 fully saturated rings. The van der Waals surface area contributed by atoms with Crippen LogP contribution in [0.4, 0.5) is 0 Å². The van der Waals surface area contributed by atoms with Crippen LogP contribution in [0.25, 0.3) is 0 Å². The monoisotopic (exact) mass is 554 g/mol. The first-order valence-corrected chi connectivity index (χ1v) is 11.5. The quantitative estimate of drug-likeness (QED) is 0.161. The molecule has 0 aromatic heterocycles. The molecule has 0 spiro atoms. The largest absolute Gasteiger partial charge is 0.476 e. The molecule has 4 nitrogen and oxygen atoms in total. The molecule has 0 radical (unpaired) electrons. The van der Waals surface area contributed by atoms with Gasteiger partial charge in [-0.2, -0.15) is 0 Å². The molecule has 21 heavy (non-hydrogen) atoms. The van der Waals surface area contributed by atoms with Crippen molar-refractivity contribution in [1.82, 2.24) is 0 Å². The van der Waals surface area contributed by atoms with Gasteiger partial charge in [-0.25, -0.2) is 4.57 Å². The first-order valence-electron chi connectivity index (χ1n) is 6.30. The predicted molar refractivity (Wildman–Crippen MR) is 99.4 cm³/mol. The summed E-state index contributed by atoms with van der Waals surface area (Å²) in [4.78, 5) is 0. The Bertz CT molecular complexity index is 331. The molecule has 10 heteroatoms. The third-order valence-electron chi connectivity index (χ3n) is 2.40. The lowest BCUT2D eigenvalue weighted by Crippen LogP contribution is -2.37. The predicted octanol–water partition coefficient (Wildman–Crippen LogP) is 6.27. The van der Waals surface area contributed by atoms with Crippen molar-refractivity contribution in [2.75, 3.05) is 30.3 Å². The lowest BCUT2D eigenvalue weighted by atomic mass is 9.98. The number of alkyl halides is 5. The Kier molecular flexibility index (Phi) is 12.0. The van der Waals surface area contributed by atoms with E-state index in [9.17, 15) is 4.57 Å². The molecule has 0 aliphatic carbocycles. The average Bonchev–Trinajstić information content (AvgIpc) is 2.38. The van der Waals surface area contributed by atoms with Gasteiger partial charge in [0.2, 0.25) is 0 Å². The molecular formula is C11H20Br3Cl2O4P. The fraction of sp³-hybridized carbons (Fsp3) is 1.00. The van der Waals surface area contributed by atoms with E-state index < -0.39 is 16.7 Å². The fourth-order valence-corrected chi connectivity index (χ4v) is 5.02. The van der Waals surface area contributed by atoms with E-state index in [1.807, 2.05) is 13.8 Å². The zero-order valence-electron chi connectivity index (χ0n) is 11.9. The van der Waals surface area contributed by atoms with Gasteiger partial charge in [-0.05, 0) is 44.7 Å². The Morgan fingerprint density at radius 1 is 1.05 bits per heavy atom. The minimum Gasteiger partial charge on any atom is -0.287 e. The van der Waals surface area contributed by atoms with Gasteiger partial charge in [-0.15, -0.1) is 23.2 Å². The Hall–Kier alpha value is 2.13. The fourth-order valence-electron chi connectivity index (χ4n) is 0.894. The molecule has 0 unspecified atom stereocenters. The van der Waals surface area contributed by atoms with Crippen molar-refractivity contribution in [2.24, 2.45) is 5.41 Å². The minimum atomic E-state index is -3.74. The number of hydrogen-bond acceptors (Lipinski definition) is 4. The minimum absolute atomic E-state index is 0.187. The van der Waals surface area contributed by atoms with Crippen LogP contribution in [-0.4, -0.2) is 33.7 Å². The molecular weight excluding hydrogens is 538 g/mol. The van der Waals surface area contributed by atoms with Crippen LogP contribution in [0.5, 0.6) is 0 Å². The summed E-state index contributed by atoms with van der Waals surface area (Å²) >= 11 is 21.4.